The molecule has 1 unspecified atom stereocenters. The maximum atomic E-state index is 13.0. The predicted molar refractivity (Wildman–Crippen MR) is 68.6 cm³/mol. The number of halogens is 1. The summed E-state index contributed by atoms with van der Waals surface area (Å²) in [5, 5.41) is 14.3. The molecule has 0 aromatic heterocycles. The van der Waals surface area contributed by atoms with Gasteiger partial charge in [0.05, 0.1) is 5.60 Å². The molecule has 98 valence electrons. The number of aliphatic hydroxyl groups is 1. The molecule has 0 amide bonds. The highest BCUT2D eigenvalue weighted by Crippen LogP contribution is 2.44. The molecule has 18 heavy (non-hydrogen) atoms. The van der Waals surface area contributed by atoms with Gasteiger partial charge < -0.3 is 10.4 Å². The fraction of sp³-hybridized carbons (Fsp3) is 0.600. The van der Waals surface area contributed by atoms with Crippen LogP contribution in [0, 0.1) is 17.7 Å². The fourth-order valence-electron chi connectivity index (χ4n) is 3.57. The molecule has 3 heteroatoms. The van der Waals surface area contributed by atoms with Gasteiger partial charge in [0, 0.05) is 0 Å². The second-order valence-corrected chi connectivity index (χ2v) is 5.79. The molecule has 1 saturated carbocycles. The second kappa shape index (κ2) is 4.63. The van der Waals surface area contributed by atoms with Crippen molar-refractivity contribution >= 4 is 0 Å². The van der Waals surface area contributed by atoms with Crippen LogP contribution in [0.4, 0.5) is 4.39 Å². The van der Waals surface area contributed by atoms with E-state index in [1.165, 1.54) is 12.1 Å². The van der Waals surface area contributed by atoms with Crippen LogP contribution < -0.4 is 5.32 Å². The first-order chi connectivity index (χ1) is 8.67. The van der Waals surface area contributed by atoms with E-state index in [0.717, 1.165) is 44.3 Å². The van der Waals surface area contributed by atoms with Gasteiger partial charge in [0.15, 0.2) is 0 Å². The van der Waals surface area contributed by atoms with Crippen molar-refractivity contribution < 1.29 is 9.50 Å². The molecule has 1 aliphatic heterocycles. The summed E-state index contributed by atoms with van der Waals surface area (Å²) in [6.45, 7) is 2.14. The minimum atomic E-state index is -0.744. The lowest BCUT2D eigenvalue weighted by Gasteiger charge is -2.44. The average Bonchev–Trinajstić information content (AvgIpc) is 2.39. The molecule has 2 N–H and O–H groups in total. The summed E-state index contributed by atoms with van der Waals surface area (Å²) in [5.41, 5.74) is 0.132. The number of fused-ring (bicyclic) bond motifs is 1. The van der Waals surface area contributed by atoms with Crippen molar-refractivity contribution in [2.45, 2.75) is 31.3 Å². The molecule has 1 heterocycles. The third-order valence-electron chi connectivity index (χ3n) is 4.68. The quantitative estimate of drug-likeness (QED) is 0.801. The second-order valence-electron chi connectivity index (χ2n) is 5.79. The number of piperidine rings is 1. The summed E-state index contributed by atoms with van der Waals surface area (Å²) < 4.78 is 13.0. The van der Waals surface area contributed by atoms with E-state index in [1.807, 2.05) is 0 Å². The minimum Gasteiger partial charge on any atom is -0.385 e. The van der Waals surface area contributed by atoms with Crippen molar-refractivity contribution in [2.75, 3.05) is 13.1 Å². The summed E-state index contributed by atoms with van der Waals surface area (Å²) in [4.78, 5) is 0. The number of hydrogen-bond donors (Lipinski definition) is 2. The molecule has 0 bridgehead atoms. The Kier molecular flexibility index (Phi) is 3.12. The number of benzene rings is 1. The zero-order valence-corrected chi connectivity index (χ0v) is 10.5. The summed E-state index contributed by atoms with van der Waals surface area (Å²) in [6.07, 6.45) is 3.83. The molecule has 3 rings (SSSR count). The molecule has 0 spiro atoms. The van der Waals surface area contributed by atoms with Crippen LogP contribution in [-0.2, 0) is 5.60 Å². The van der Waals surface area contributed by atoms with Crippen LogP contribution in [0.25, 0.3) is 0 Å². The molecule has 1 aromatic rings. The van der Waals surface area contributed by atoms with E-state index >= 15 is 0 Å². The number of rotatable bonds is 1. The van der Waals surface area contributed by atoms with E-state index in [1.54, 1.807) is 12.1 Å². The summed E-state index contributed by atoms with van der Waals surface area (Å²) >= 11 is 0. The zero-order valence-electron chi connectivity index (χ0n) is 10.5. The zero-order chi connectivity index (χ0) is 12.6. The Bertz CT molecular complexity index is 419. The molecule has 3 atom stereocenters. The monoisotopic (exact) mass is 249 g/mol. The Morgan fingerprint density at radius 1 is 1.17 bits per heavy atom. The smallest absolute Gasteiger partial charge is 0.123 e. The lowest BCUT2D eigenvalue weighted by atomic mass is 9.67. The van der Waals surface area contributed by atoms with Crippen molar-refractivity contribution in [3.8, 4) is 0 Å². The lowest BCUT2D eigenvalue weighted by molar-refractivity contribution is -0.0469. The van der Waals surface area contributed by atoms with Crippen molar-refractivity contribution in [2.24, 2.45) is 11.8 Å². The molecule has 2 nitrogen and oxygen atoms in total. The molecule has 2 fully saturated rings. The van der Waals surface area contributed by atoms with Crippen LogP contribution in [0.3, 0.4) is 0 Å². The van der Waals surface area contributed by atoms with Gasteiger partial charge in [-0.3, -0.25) is 0 Å². The summed E-state index contributed by atoms with van der Waals surface area (Å²) in [5.74, 6) is 1.08. The molecule has 2 aliphatic rings. The van der Waals surface area contributed by atoms with Crippen LogP contribution in [0.5, 0.6) is 0 Å². The molecule has 0 radical (unpaired) electrons. The van der Waals surface area contributed by atoms with Crippen molar-refractivity contribution in [3.05, 3.63) is 35.6 Å². The topological polar surface area (TPSA) is 32.3 Å². The van der Waals surface area contributed by atoms with Crippen LogP contribution in [0.1, 0.15) is 31.2 Å². The molecule has 1 saturated heterocycles. The van der Waals surface area contributed by atoms with Crippen LogP contribution in [-0.4, -0.2) is 18.2 Å². The van der Waals surface area contributed by atoms with Crippen LogP contribution >= 0.6 is 0 Å². The van der Waals surface area contributed by atoms with Gasteiger partial charge in [-0.2, -0.15) is 0 Å². The van der Waals surface area contributed by atoms with Gasteiger partial charge in [-0.1, -0.05) is 12.1 Å². The number of nitrogens with one attached hydrogen (secondary N) is 1. The van der Waals surface area contributed by atoms with Gasteiger partial charge >= 0.3 is 0 Å². The maximum absolute atomic E-state index is 13.0. The first-order valence-electron chi connectivity index (χ1n) is 6.86. The standard InChI is InChI=1S/C15H20FNO/c16-14-3-1-13(2-4-14)15(18)7-5-12-10-17-8-6-11(12)9-15/h1-4,11-12,17-18H,5-10H2/t11-,12+,15?/m0/s1. The van der Waals surface area contributed by atoms with Gasteiger partial charge in [0.2, 0.25) is 0 Å². The van der Waals surface area contributed by atoms with E-state index in [2.05, 4.69) is 5.32 Å². The molecular formula is C15H20FNO. The Labute approximate surface area is 107 Å². The highest BCUT2D eigenvalue weighted by molar-refractivity contribution is 5.24. The van der Waals surface area contributed by atoms with Gasteiger partial charge in [-0.05, 0) is 68.3 Å². The Morgan fingerprint density at radius 2 is 1.94 bits per heavy atom. The van der Waals surface area contributed by atoms with E-state index < -0.39 is 5.60 Å². The first-order valence-corrected chi connectivity index (χ1v) is 6.86. The van der Waals surface area contributed by atoms with Gasteiger partial charge in [-0.15, -0.1) is 0 Å². The fourth-order valence-corrected chi connectivity index (χ4v) is 3.57. The van der Waals surface area contributed by atoms with Crippen LogP contribution in [0.2, 0.25) is 0 Å². The normalized spacial score (nSPS) is 36.1. The SMILES string of the molecule is OC1(c2ccc(F)cc2)CC[C@@H]2CNCC[C@H]2C1. The maximum Gasteiger partial charge on any atom is 0.123 e. The highest BCUT2D eigenvalue weighted by Gasteiger charge is 2.41. The summed E-state index contributed by atoms with van der Waals surface area (Å²) in [6, 6.07) is 6.36. The van der Waals surface area contributed by atoms with Crippen molar-refractivity contribution in [1.29, 1.82) is 0 Å². The molecule has 1 aromatic carbocycles. The number of hydrogen-bond acceptors (Lipinski definition) is 2. The Hall–Kier alpha value is -0.930. The van der Waals surface area contributed by atoms with Gasteiger partial charge in [-0.25, -0.2) is 4.39 Å². The van der Waals surface area contributed by atoms with Crippen LogP contribution in [0.15, 0.2) is 24.3 Å². The van der Waals surface area contributed by atoms with Crippen molar-refractivity contribution in [3.63, 3.8) is 0 Å². The third kappa shape index (κ3) is 2.17. The highest BCUT2D eigenvalue weighted by atomic mass is 19.1. The lowest BCUT2D eigenvalue weighted by Crippen LogP contribution is -2.45. The van der Waals surface area contributed by atoms with E-state index in [4.69, 9.17) is 0 Å². The Balaban J connectivity index is 1.80. The molecular weight excluding hydrogens is 229 g/mol. The Morgan fingerprint density at radius 3 is 2.72 bits per heavy atom. The van der Waals surface area contributed by atoms with Gasteiger partial charge in [0.25, 0.3) is 0 Å². The molecule has 1 aliphatic carbocycles. The minimum absolute atomic E-state index is 0.238. The van der Waals surface area contributed by atoms with Crippen molar-refractivity contribution in [1.82, 2.24) is 5.32 Å². The third-order valence-corrected chi connectivity index (χ3v) is 4.68. The first kappa shape index (κ1) is 12.1. The van der Waals surface area contributed by atoms with E-state index in [-0.39, 0.29) is 5.82 Å². The average molecular weight is 249 g/mol. The predicted octanol–water partition coefficient (Wildman–Crippen LogP) is 2.42. The summed E-state index contributed by atoms with van der Waals surface area (Å²) in [7, 11) is 0. The van der Waals surface area contributed by atoms with Gasteiger partial charge in [0.1, 0.15) is 5.82 Å². The van der Waals surface area contributed by atoms with E-state index in [9.17, 15) is 9.50 Å². The largest absolute Gasteiger partial charge is 0.385 e. The van der Waals surface area contributed by atoms with E-state index in [0.29, 0.717) is 11.8 Å².